The molecule has 0 aromatic rings. The van der Waals surface area contributed by atoms with E-state index in [1.165, 1.54) is 0 Å². The molecule has 1 rings (SSSR count). The van der Waals surface area contributed by atoms with E-state index >= 15 is 0 Å². The molecule has 2 radical (unpaired) electrons. The zero-order valence-corrected chi connectivity index (χ0v) is 13.1. The monoisotopic (exact) mass is 250 g/mol. The van der Waals surface area contributed by atoms with Crippen molar-refractivity contribution < 1.29 is 34.1 Å². The van der Waals surface area contributed by atoms with E-state index in [0.29, 0.717) is 0 Å². The Hall–Kier alpha value is 0.370. The molecule has 16 heavy (non-hydrogen) atoms. The van der Waals surface area contributed by atoms with Gasteiger partial charge in [-0.2, -0.15) is 0 Å². The number of carbonyl (C=O) groups excluding carboxylic acids is 1. The molecule has 9 heteroatoms. The second kappa shape index (κ2) is 7.65. The van der Waals surface area contributed by atoms with Gasteiger partial charge in [-0.1, -0.05) is 0 Å². The standard InChI is InChI=1S/C7H8O7.2Na/c8-4(9)1-7(2-5(10)11)6(12)13-3-14-7;;/h1-3H2,(H,8,9)(H,10,11);;. The summed E-state index contributed by atoms with van der Waals surface area (Å²) in [6.07, 6.45) is -1.42. The van der Waals surface area contributed by atoms with Crippen LogP contribution in [0.1, 0.15) is 12.8 Å². The molecule has 7 nitrogen and oxygen atoms in total. The average Bonchev–Trinajstić information content (AvgIpc) is 2.29. The number of hydrogen-bond donors (Lipinski definition) is 2. The fourth-order valence-electron chi connectivity index (χ4n) is 1.18. The van der Waals surface area contributed by atoms with Crippen molar-refractivity contribution in [2.75, 3.05) is 6.79 Å². The molecule has 0 amide bonds. The minimum atomic E-state index is -1.86. The minimum absolute atomic E-state index is 0. The maximum atomic E-state index is 11.1. The molecule has 1 aliphatic heterocycles. The summed E-state index contributed by atoms with van der Waals surface area (Å²) in [6.45, 7) is -0.403. The van der Waals surface area contributed by atoms with Gasteiger partial charge in [-0.3, -0.25) is 9.59 Å². The fraction of sp³-hybridized carbons (Fsp3) is 0.571. The zero-order valence-electron chi connectivity index (χ0n) is 9.06. The van der Waals surface area contributed by atoms with Crippen LogP contribution in [0.4, 0.5) is 0 Å². The van der Waals surface area contributed by atoms with Crippen LogP contribution in [-0.2, 0) is 23.9 Å². The van der Waals surface area contributed by atoms with Crippen LogP contribution in [0, 0.1) is 0 Å². The number of ether oxygens (including phenoxy) is 2. The molecule has 2 N–H and O–H groups in total. The van der Waals surface area contributed by atoms with Crippen LogP contribution in [0.3, 0.4) is 0 Å². The molecule has 0 aliphatic carbocycles. The third-order valence-corrected chi connectivity index (χ3v) is 1.77. The average molecular weight is 250 g/mol. The molecule has 0 unspecified atom stereocenters. The zero-order chi connectivity index (χ0) is 10.8. The second-order valence-electron chi connectivity index (χ2n) is 2.83. The van der Waals surface area contributed by atoms with Gasteiger partial charge < -0.3 is 19.7 Å². The SMILES string of the molecule is O=C(O)CC1(CC(=O)O)OCOC1=O.[Na].[Na]. The summed E-state index contributed by atoms with van der Waals surface area (Å²) in [5, 5.41) is 17.0. The quantitative estimate of drug-likeness (QED) is 0.458. The van der Waals surface area contributed by atoms with Crippen molar-refractivity contribution in [1.82, 2.24) is 0 Å². The summed E-state index contributed by atoms with van der Waals surface area (Å²) in [6, 6.07) is 0. The number of carbonyl (C=O) groups is 3. The molecule has 1 heterocycles. The number of carboxylic acids is 2. The van der Waals surface area contributed by atoms with Crippen molar-refractivity contribution in [2.45, 2.75) is 18.4 Å². The van der Waals surface area contributed by atoms with E-state index in [0.717, 1.165) is 0 Å². The molecule has 0 saturated carbocycles. The second-order valence-corrected chi connectivity index (χ2v) is 2.83. The van der Waals surface area contributed by atoms with Crippen LogP contribution < -0.4 is 0 Å². The molecule has 0 atom stereocenters. The third kappa shape index (κ3) is 4.70. The number of cyclic esters (lactones) is 1. The summed E-state index contributed by atoms with van der Waals surface area (Å²) in [7, 11) is 0. The maximum Gasteiger partial charge on any atom is 0.341 e. The van der Waals surface area contributed by atoms with E-state index in [9.17, 15) is 14.4 Å². The van der Waals surface area contributed by atoms with Gasteiger partial charge in [0.2, 0.25) is 0 Å². The Morgan fingerprint density at radius 2 is 1.62 bits per heavy atom. The van der Waals surface area contributed by atoms with E-state index in [4.69, 9.17) is 14.9 Å². The van der Waals surface area contributed by atoms with Gasteiger partial charge in [-0.25, -0.2) is 4.79 Å². The molecular weight excluding hydrogens is 242 g/mol. The Morgan fingerprint density at radius 3 is 1.88 bits per heavy atom. The van der Waals surface area contributed by atoms with Crippen LogP contribution in [-0.4, -0.2) is 99.6 Å². The van der Waals surface area contributed by atoms with Gasteiger partial charge in [0.05, 0.1) is 12.8 Å². The molecule has 0 aromatic carbocycles. The summed E-state index contributed by atoms with van der Waals surface area (Å²) in [5.41, 5.74) is -1.86. The molecule has 80 valence electrons. The van der Waals surface area contributed by atoms with Crippen LogP contribution >= 0.6 is 0 Å². The van der Waals surface area contributed by atoms with Gasteiger partial charge in [-0.05, 0) is 0 Å². The fourth-order valence-corrected chi connectivity index (χ4v) is 1.18. The number of esters is 1. The Bertz CT molecular complexity index is 274. The normalized spacial score (nSPS) is 16.6. The number of aliphatic carboxylic acids is 2. The van der Waals surface area contributed by atoms with Gasteiger partial charge in [-0.15, -0.1) is 0 Å². The largest absolute Gasteiger partial charge is 0.481 e. The van der Waals surface area contributed by atoms with Crippen molar-refractivity contribution >= 4 is 77.0 Å². The van der Waals surface area contributed by atoms with E-state index in [1.807, 2.05) is 0 Å². The smallest absolute Gasteiger partial charge is 0.341 e. The Kier molecular flexibility index (Phi) is 8.95. The first-order chi connectivity index (χ1) is 6.46. The summed E-state index contributed by atoms with van der Waals surface area (Å²) in [4.78, 5) is 31.9. The maximum absolute atomic E-state index is 11.1. The van der Waals surface area contributed by atoms with Gasteiger partial charge >= 0.3 is 17.9 Å². The molecule has 1 aliphatic rings. The predicted molar refractivity (Wildman–Crippen MR) is 50.8 cm³/mol. The molecule has 1 fully saturated rings. The van der Waals surface area contributed by atoms with Crippen molar-refractivity contribution in [2.24, 2.45) is 0 Å². The molecule has 0 aromatic heterocycles. The predicted octanol–water partition coefficient (Wildman–Crippen LogP) is -1.56. The van der Waals surface area contributed by atoms with Gasteiger partial charge in [0.25, 0.3) is 0 Å². The van der Waals surface area contributed by atoms with Crippen LogP contribution in [0.5, 0.6) is 0 Å². The van der Waals surface area contributed by atoms with Crippen molar-refractivity contribution in [3.63, 3.8) is 0 Å². The van der Waals surface area contributed by atoms with E-state index in [2.05, 4.69) is 4.74 Å². The van der Waals surface area contributed by atoms with Gasteiger partial charge in [0, 0.05) is 59.1 Å². The van der Waals surface area contributed by atoms with Crippen molar-refractivity contribution in [1.29, 1.82) is 0 Å². The van der Waals surface area contributed by atoms with E-state index < -0.39 is 43.1 Å². The molecule has 0 bridgehead atoms. The van der Waals surface area contributed by atoms with E-state index in [-0.39, 0.29) is 59.1 Å². The first-order valence-electron chi connectivity index (χ1n) is 3.71. The number of rotatable bonds is 4. The Labute approximate surface area is 135 Å². The molecular formula is C7H8Na2O7. The molecule has 1 saturated heterocycles. The molecule has 0 spiro atoms. The first-order valence-corrected chi connectivity index (χ1v) is 3.71. The summed E-state index contributed by atoms with van der Waals surface area (Å²) >= 11 is 0. The van der Waals surface area contributed by atoms with Crippen molar-refractivity contribution in [3.8, 4) is 0 Å². The third-order valence-electron chi connectivity index (χ3n) is 1.77. The topological polar surface area (TPSA) is 110 Å². The summed E-state index contributed by atoms with van der Waals surface area (Å²) in [5.74, 6) is -3.57. The van der Waals surface area contributed by atoms with E-state index in [1.54, 1.807) is 0 Å². The van der Waals surface area contributed by atoms with Crippen LogP contribution in [0.25, 0.3) is 0 Å². The van der Waals surface area contributed by atoms with Crippen molar-refractivity contribution in [3.05, 3.63) is 0 Å². The van der Waals surface area contributed by atoms with Gasteiger partial charge in [0.15, 0.2) is 12.4 Å². The van der Waals surface area contributed by atoms with Gasteiger partial charge in [0.1, 0.15) is 0 Å². The van der Waals surface area contributed by atoms with Crippen LogP contribution in [0.2, 0.25) is 0 Å². The Balaban J connectivity index is 0. The number of carboxylic acid groups (broad SMARTS) is 2. The summed E-state index contributed by atoms with van der Waals surface area (Å²) < 4.78 is 9.12. The van der Waals surface area contributed by atoms with Crippen LogP contribution in [0.15, 0.2) is 0 Å². The number of hydrogen-bond acceptors (Lipinski definition) is 5. The minimum Gasteiger partial charge on any atom is -0.481 e. The Morgan fingerprint density at radius 1 is 1.19 bits per heavy atom. The first kappa shape index (κ1) is 18.7.